The number of aliphatic hydroxyl groups is 1. The molecule has 0 saturated heterocycles. The van der Waals surface area contributed by atoms with E-state index in [1.165, 1.54) is 180 Å². The lowest BCUT2D eigenvalue weighted by atomic mass is 10.00. The second-order valence-electron chi connectivity index (χ2n) is 27.9. The highest BCUT2D eigenvalue weighted by Crippen LogP contribution is 2.45. The zero-order valence-electron chi connectivity index (χ0n) is 60.7. The lowest BCUT2D eigenvalue weighted by Crippen LogP contribution is -2.30. The summed E-state index contributed by atoms with van der Waals surface area (Å²) >= 11 is 0. The van der Waals surface area contributed by atoms with Crippen molar-refractivity contribution in [3.63, 3.8) is 0 Å². The summed E-state index contributed by atoms with van der Waals surface area (Å²) < 4.78 is 68.5. The molecular weight excluding hydrogens is 1220 g/mol. The molecule has 3 unspecified atom stereocenters. The fraction of sp³-hybridized carbons (Fsp3) is 0.946. The molecule has 0 fully saturated rings. The van der Waals surface area contributed by atoms with Gasteiger partial charge in [-0.3, -0.25) is 37.3 Å². The molecule has 0 aromatic carbocycles. The second-order valence-corrected chi connectivity index (χ2v) is 30.8. The second kappa shape index (κ2) is 64.7. The number of aliphatic hydroxyl groups excluding tert-OH is 1. The van der Waals surface area contributed by atoms with Crippen LogP contribution in [0.3, 0.4) is 0 Å². The highest BCUT2D eigenvalue weighted by atomic mass is 31.2. The first-order valence-electron chi connectivity index (χ1n) is 38.4. The SMILES string of the molecule is CCCCCCCCCCCCCCCC(=O)O[C@H](COC(=O)CCCCCCCCC(C)CC)COP(=O)(O)OC[C@H](O)COP(=O)(O)OC[C@@H](COC(=O)CCCCCCCCCCCCCC(C)C)OC(=O)CCCCCCCCCCCCCCCC(C)C. The topological polar surface area (TPSA) is 237 Å². The summed E-state index contributed by atoms with van der Waals surface area (Å²) in [5.74, 6) is 0.169. The van der Waals surface area contributed by atoms with Crippen LogP contribution >= 0.6 is 15.6 Å². The van der Waals surface area contributed by atoms with Gasteiger partial charge in [0.2, 0.25) is 0 Å². The Morgan fingerprint density at radius 2 is 0.548 bits per heavy atom. The summed E-state index contributed by atoms with van der Waals surface area (Å²) in [5.41, 5.74) is 0. The van der Waals surface area contributed by atoms with Crippen molar-refractivity contribution in [1.82, 2.24) is 0 Å². The van der Waals surface area contributed by atoms with Crippen molar-refractivity contribution >= 4 is 39.5 Å². The molecule has 17 nitrogen and oxygen atoms in total. The molecule has 0 heterocycles. The monoisotopic (exact) mass is 1370 g/mol. The number of hydrogen-bond donors (Lipinski definition) is 3. The smallest absolute Gasteiger partial charge is 0.462 e. The van der Waals surface area contributed by atoms with Crippen molar-refractivity contribution in [1.29, 1.82) is 0 Å². The fourth-order valence-electron chi connectivity index (χ4n) is 11.2. The number of carbonyl (C=O) groups excluding carboxylic acids is 4. The molecule has 0 amide bonds. The molecular formula is C74H144O17P2. The van der Waals surface area contributed by atoms with Gasteiger partial charge in [0, 0.05) is 25.7 Å². The predicted octanol–water partition coefficient (Wildman–Crippen LogP) is 21.4. The number of esters is 4. The molecule has 0 bridgehead atoms. The molecule has 552 valence electrons. The van der Waals surface area contributed by atoms with E-state index in [-0.39, 0.29) is 25.7 Å². The van der Waals surface area contributed by atoms with Crippen molar-refractivity contribution in [3.8, 4) is 0 Å². The van der Waals surface area contributed by atoms with Crippen molar-refractivity contribution in [3.05, 3.63) is 0 Å². The molecule has 0 aliphatic carbocycles. The fourth-order valence-corrected chi connectivity index (χ4v) is 12.8. The lowest BCUT2D eigenvalue weighted by Gasteiger charge is -2.21. The standard InChI is InChI=1S/C74H144O17P2/c1-8-10-11-12-13-14-15-17-23-29-34-43-50-57-74(79)91-70(62-85-72(77)56-49-42-37-36-40-47-54-67(7)9-2)64-89-93(82,83)87-60-68(75)59-86-92(80,81)88-63-69(61-84-71(76)55-48-41-33-28-25-20-22-27-32-39-46-53-66(5)6)90-73(78)58-51-44-35-30-24-19-16-18-21-26-31-38-45-52-65(3)4/h65-70,75H,8-64H2,1-7H3,(H,80,81)(H,82,83)/t67?,68-,69-,70-/m1/s1. The molecule has 3 N–H and O–H groups in total. The summed E-state index contributed by atoms with van der Waals surface area (Å²) in [7, 11) is -9.91. The maximum Gasteiger partial charge on any atom is 0.472 e. The third-order valence-electron chi connectivity index (χ3n) is 17.5. The third-order valence-corrected chi connectivity index (χ3v) is 19.4. The van der Waals surface area contributed by atoms with Crippen LogP contribution in [0.2, 0.25) is 0 Å². The van der Waals surface area contributed by atoms with Crippen LogP contribution in [0, 0.1) is 17.8 Å². The van der Waals surface area contributed by atoms with Crippen LogP contribution < -0.4 is 0 Å². The lowest BCUT2D eigenvalue weighted by molar-refractivity contribution is -0.161. The Bertz CT molecular complexity index is 1820. The quantitative estimate of drug-likeness (QED) is 0.0222. The van der Waals surface area contributed by atoms with Crippen LogP contribution in [-0.2, 0) is 65.4 Å². The van der Waals surface area contributed by atoms with E-state index < -0.39 is 97.5 Å². The van der Waals surface area contributed by atoms with Crippen LogP contribution in [0.5, 0.6) is 0 Å². The Balaban J connectivity index is 5.26. The summed E-state index contributed by atoms with van der Waals surface area (Å²) in [5, 5.41) is 10.6. The predicted molar refractivity (Wildman–Crippen MR) is 377 cm³/mol. The van der Waals surface area contributed by atoms with Crippen LogP contribution in [0.4, 0.5) is 0 Å². The maximum absolute atomic E-state index is 13.1. The van der Waals surface area contributed by atoms with Gasteiger partial charge < -0.3 is 33.8 Å². The Morgan fingerprint density at radius 3 is 0.817 bits per heavy atom. The van der Waals surface area contributed by atoms with Crippen LogP contribution in [0.25, 0.3) is 0 Å². The Hall–Kier alpha value is -1.94. The zero-order chi connectivity index (χ0) is 68.7. The van der Waals surface area contributed by atoms with E-state index in [1.807, 2.05) is 0 Å². The zero-order valence-corrected chi connectivity index (χ0v) is 62.5. The largest absolute Gasteiger partial charge is 0.472 e. The first kappa shape index (κ1) is 91.1. The Morgan fingerprint density at radius 1 is 0.312 bits per heavy atom. The van der Waals surface area contributed by atoms with Crippen LogP contribution in [0.15, 0.2) is 0 Å². The van der Waals surface area contributed by atoms with Gasteiger partial charge in [-0.2, -0.15) is 0 Å². The van der Waals surface area contributed by atoms with Crippen LogP contribution in [-0.4, -0.2) is 96.7 Å². The van der Waals surface area contributed by atoms with E-state index in [0.717, 1.165) is 114 Å². The van der Waals surface area contributed by atoms with E-state index in [9.17, 15) is 43.2 Å². The van der Waals surface area contributed by atoms with E-state index >= 15 is 0 Å². The van der Waals surface area contributed by atoms with Gasteiger partial charge in [0.1, 0.15) is 19.3 Å². The van der Waals surface area contributed by atoms with E-state index in [2.05, 4.69) is 48.5 Å². The van der Waals surface area contributed by atoms with Gasteiger partial charge in [-0.05, 0) is 43.4 Å². The van der Waals surface area contributed by atoms with Crippen molar-refractivity contribution < 1.29 is 80.2 Å². The van der Waals surface area contributed by atoms with Gasteiger partial charge in [-0.15, -0.1) is 0 Å². The van der Waals surface area contributed by atoms with Crippen molar-refractivity contribution in [2.45, 2.75) is 394 Å². The molecule has 0 aromatic heterocycles. The number of carbonyl (C=O) groups is 4. The Kier molecular flexibility index (Phi) is 63.4. The van der Waals surface area contributed by atoms with Crippen molar-refractivity contribution in [2.75, 3.05) is 39.6 Å². The number of phosphoric ester groups is 2. The summed E-state index contributed by atoms with van der Waals surface area (Å²) in [6.45, 7) is 11.9. The molecule has 0 aromatic rings. The van der Waals surface area contributed by atoms with Crippen LogP contribution in [0.1, 0.15) is 376 Å². The number of unbranched alkanes of at least 4 members (excludes halogenated alkanes) is 39. The molecule has 0 saturated carbocycles. The first-order valence-corrected chi connectivity index (χ1v) is 41.4. The third kappa shape index (κ3) is 67.0. The number of phosphoric acid groups is 2. The highest BCUT2D eigenvalue weighted by molar-refractivity contribution is 7.47. The molecule has 19 heteroatoms. The molecule has 0 aliphatic rings. The van der Waals surface area contributed by atoms with Gasteiger partial charge in [0.25, 0.3) is 0 Å². The molecule has 93 heavy (non-hydrogen) atoms. The molecule has 0 radical (unpaired) electrons. The van der Waals surface area contributed by atoms with Gasteiger partial charge >= 0.3 is 39.5 Å². The molecule has 0 aliphatic heterocycles. The minimum Gasteiger partial charge on any atom is -0.462 e. The minimum atomic E-state index is -4.96. The average molecular weight is 1370 g/mol. The van der Waals surface area contributed by atoms with E-state index in [0.29, 0.717) is 25.7 Å². The Labute approximate surface area is 568 Å². The van der Waals surface area contributed by atoms with E-state index in [1.54, 1.807) is 0 Å². The summed E-state index contributed by atoms with van der Waals surface area (Å²) in [6.07, 6.45) is 49.8. The normalized spacial score (nSPS) is 14.4. The first-order chi connectivity index (χ1) is 44.8. The maximum atomic E-state index is 13.1. The summed E-state index contributed by atoms with van der Waals surface area (Å²) in [4.78, 5) is 72.7. The number of ether oxygens (including phenoxy) is 4. The summed E-state index contributed by atoms with van der Waals surface area (Å²) in [6, 6.07) is 0. The molecule has 0 rings (SSSR count). The van der Waals surface area contributed by atoms with Gasteiger partial charge in [-0.25, -0.2) is 9.13 Å². The van der Waals surface area contributed by atoms with Gasteiger partial charge in [0.05, 0.1) is 26.4 Å². The van der Waals surface area contributed by atoms with Gasteiger partial charge in [0.15, 0.2) is 12.2 Å². The van der Waals surface area contributed by atoms with E-state index in [4.69, 9.17) is 37.0 Å². The van der Waals surface area contributed by atoms with Gasteiger partial charge in [-0.1, -0.05) is 325 Å². The highest BCUT2D eigenvalue weighted by Gasteiger charge is 2.30. The minimum absolute atomic E-state index is 0.106. The van der Waals surface area contributed by atoms with Crippen molar-refractivity contribution in [2.24, 2.45) is 17.8 Å². The number of hydrogen-bond acceptors (Lipinski definition) is 15. The average Bonchev–Trinajstić information content (AvgIpc) is 2.13. The molecule has 0 spiro atoms. The number of rotatable bonds is 72. The molecule has 6 atom stereocenters.